The lowest BCUT2D eigenvalue weighted by atomic mass is 10.1. The van der Waals surface area contributed by atoms with E-state index in [1.165, 1.54) is 5.56 Å². The second-order valence-corrected chi connectivity index (χ2v) is 6.28. The summed E-state index contributed by atoms with van der Waals surface area (Å²) in [4.78, 5) is 4.30. The van der Waals surface area contributed by atoms with Crippen molar-refractivity contribution in [3.05, 3.63) is 39.4 Å². The zero-order valence-corrected chi connectivity index (χ0v) is 17.9. The molecule has 2 aromatic heterocycles. The molecule has 0 aromatic carbocycles. The number of hydrogen-bond acceptors (Lipinski definition) is 4. The summed E-state index contributed by atoms with van der Waals surface area (Å²) in [7, 11) is 1.79. The van der Waals surface area contributed by atoms with Crippen molar-refractivity contribution < 1.29 is 4.52 Å². The second kappa shape index (κ2) is 10.7. The monoisotopic (exact) mass is 462 g/mol. The lowest BCUT2D eigenvalue weighted by Gasteiger charge is -2.15. The summed E-state index contributed by atoms with van der Waals surface area (Å²) >= 11 is 1.73. The molecule has 24 heavy (non-hydrogen) atoms. The largest absolute Gasteiger partial charge is 0.361 e. The van der Waals surface area contributed by atoms with Crippen molar-refractivity contribution >= 4 is 41.3 Å². The number of halogens is 1. The number of guanidine groups is 1. The van der Waals surface area contributed by atoms with Gasteiger partial charge in [-0.05, 0) is 34.7 Å². The summed E-state index contributed by atoms with van der Waals surface area (Å²) in [5.74, 6) is 2.21. The first-order chi connectivity index (χ1) is 11.2. The summed E-state index contributed by atoms with van der Waals surface area (Å²) in [5.41, 5.74) is 3.54. The van der Waals surface area contributed by atoms with Gasteiger partial charge in [-0.2, -0.15) is 11.3 Å². The molecule has 7 heteroatoms. The van der Waals surface area contributed by atoms with E-state index in [2.05, 4.69) is 58.4 Å². The minimum absolute atomic E-state index is 0. The standard InChI is InChI=1S/C17H26N4OS.HI/c1-5-15-14(16(6-2)22-21-15)10-20-17(18-4)19-9-12(3)13-7-8-23-11-13;/h7-8,11-12H,5-6,9-10H2,1-4H3,(H2,18,19,20);1H. The smallest absolute Gasteiger partial charge is 0.191 e. The molecule has 0 saturated carbocycles. The zero-order valence-electron chi connectivity index (χ0n) is 14.8. The first kappa shape index (κ1) is 21.0. The molecule has 0 radical (unpaired) electrons. The Kier molecular flexibility index (Phi) is 9.35. The normalized spacial score (nSPS) is 12.6. The molecule has 1 unspecified atom stereocenters. The summed E-state index contributed by atoms with van der Waals surface area (Å²) in [6.07, 6.45) is 1.73. The highest BCUT2D eigenvalue weighted by Crippen LogP contribution is 2.17. The lowest BCUT2D eigenvalue weighted by molar-refractivity contribution is 0.380. The fourth-order valence-electron chi connectivity index (χ4n) is 2.45. The van der Waals surface area contributed by atoms with Crippen LogP contribution in [0.1, 0.15) is 49.3 Å². The van der Waals surface area contributed by atoms with E-state index in [1.807, 2.05) is 0 Å². The Morgan fingerprint density at radius 1 is 1.33 bits per heavy atom. The van der Waals surface area contributed by atoms with E-state index >= 15 is 0 Å². The van der Waals surface area contributed by atoms with Crippen molar-refractivity contribution in [2.45, 2.75) is 46.1 Å². The second-order valence-electron chi connectivity index (χ2n) is 5.50. The SMILES string of the molecule is CCc1noc(CC)c1CNC(=NC)NCC(C)c1ccsc1.I. The first-order valence-corrected chi connectivity index (χ1v) is 9.06. The van der Waals surface area contributed by atoms with Crippen molar-refractivity contribution in [3.63, 3.8) is 0 Å². The van der Waals surface area contributed by atoms with Gasteiger partial charge in [0.05, 0.1) is 5.69 Å². The Labute approximate surface area is 165 Å². The van der Waals surface area contributed by atoms with Crippen LogP contribution in [0.3, 0.4) is 0 Å². The molecule has 0 amide bonds. The Morgan fingerprint density at radius 2 is 2.12 bits per heavy atom. The summed E-state index contributed by atoms with van der Waals surface area (Å²) in [6.45, 7) is 7.92. The summed E-state index contributed by atoms with van der Waals surface area (Å²) in [5, 5.41) is 15.2. The summed E-state index contributed by atoms with van der Waals surface area (Å²) < 4.78 is 5.40. The number of rotatable bonds is 7. The average Bonchev–Trinajstić information content (AvgIpc) is 3.23. The first-order valence-electron chi connectivity index (χ1n) is 8.12. The number of nitrogens with one attached hydrogen (secondary N) is 2. The maximum absolute atomic E-state index is 5.40. The van der Waals surface area contributed by atoms with Gasteiger partial charge in [-0.1, -0.05) is 25.9 Å². The van der Waals surface area contributed by atoms with E-state index in [0.717, 1.165) is 42.4 Å². The van der Waals surface area contributed by atoms with Gasteiger partial charge in [-0.3, -0.25) is 4.99 Å². The van der Waals surface area contributed by atoms with Crippen LogP contribution in [-0.2, 0) is 19.4 Å². The van der Waals surface area contributed by atoms with Gasteiger partial charge in [0.1, 0.15) is 5.76 Å². The molecule has 0 bridgehead atoms. The van der Waals surface area contributed by atoms with E-state index < -0.39 is 0 Å². The molecule has 2 heterocycles. The predicted octanol–water partition coefficient (Wildman–Crippen LogP) is 3.95. The van der Waals surface area contributed by atoms with Crippen LogP contribution in [0.15, 0.2) is 26.3 Å². The van der Waals surface area contributed by atoms with E-state index in [-0.39, 0.29) is 24.0 Å². The maximum Gasteiger partial charge on any atom is 0.191 e. The third-order valence-corrected chi connectivity index (χ3v) is 4.65. The van der Waals surface area contributed by atoms with Crippen LogP contribution in [0.25, 0.3) is 0 Å². The number of thiophene rings is 1. The molecule has 2 N–H and O–H groups in total. The van der Waals surface area contributed by atoms with Crippen molar-refractivity contribution in [1.29, 1.82) is 0 Å². The van der Waals surface area contributed by atoms with Crippen molar-refractivity contribution in [1.82, 2.24) is 15.8 Å². The molecule has 0 aliphatic carbocycles. The predicted molar refractivity (Wildman–Crippen MR) is 112 cm³/mol. The van der Waals surface area contributed by atoms with E-state index in [0.29, 0.717) is 12.5 Å². The van der Waals surface area contributed by atoms with Crippen LogP contribution in [0.4, 0.5) is 0 Å². The van der Waals surface area contributed by atoms with Crippen LogP contribution in [0.2, 0.25) is 0 Å². The molecule has 0 saturated heterocycles. The van der Waals surface area contributed by atoms with Gasteiger partial charge in [0.2, 0.25) is 0 Å². The Morgan fingerprint density at radius 3 is 2.71 bits per heavy atom. The Balaban J connectivity index is 0.00000288. The molecular weight excluding hydrogens is 435 g/mol. The third-order valence-electron chi connectivity index (χ3n) is 3.95. The molecule has 0 aliphatic rings. The molecule has 0 fully saturated rings. The molecule has 1 atom stereocenters. The number of nitrogens with zero attached hydrogens (tertiary/aromatic N) is 2. The van der Waals surface area contributed by atoms with Gasteiger partial charge in [0, 0.05) is 32.1 Å². The van der Waals surface area contributed by atoms with E-state index in [9.17, 15) is 0 Å². The Bertz CT molecular complexity index is 603. The van der Waals surface area contributed by atoms with Gasteiger partial charge in [-0.15, -0.1) is 24.0 Å². The number of aliphatic imine (C=N–C) groups is 1. The van der Waals surface area contributed by atoms with Crippen LogP contribution in [-0.4, -0.2) is 24.7 Å². The Hall–Kier alpha value is -1.09. The number of aryl methyl sites for hydroxylation is 2. The molecular formula is C17H27IN4OS. The molecule has 0 spiro atoms. The minimum atomic E-state index is 0. The fourth-order valence-corrected chi connectivity index (χ4v) is 3.24. The van der Waals surface area contributed by atoms with Crippen molar-refractivity contribution in [2.75, 3.05) is 13.6 Å². The number of hydrogen-bond donors (Lipinski definition) is 2. The highest BCUT2D eigenvalue weighted by molar-refractivity contribution is 14.0. The molecule has 2 rings (SSSR count). The lowest BCUT2D eigenvalue weighted by Crippen LogP contribution is -2.38. The third kappa shape index (κ3) is 5.47. The topological polar surface area (TPSA) is 62.5 Å². The van der Waals surface area contributed by atoms with Crippen LogP contribution in [0.5, 0.6) is 0 Å². The highest BCUT2D eigenvalue weighted by Gasteiger charge is 2.14. The van der Waals surface area contributed by atoms with Gasteiger partial charge >= 0.3 is 0 Å². The van der Waals surface area contributed by atoms with Gasteiger partial charge < -0.3 is 15.2 Å². The maximum atomic E-state index is 5.40. The molecule has 134 valence electrons. The highest BCUT2D eigenvalue weighted by atomic mass is 127. The van der Waals surface area contributed by atoms with Gasteiger partial charge in [0.15, 0.2) is 5.96 Å². The van der Waals surface area contributed by atoms with Gasteiger partial charge in [-0.25, -0.2) is 0 Å². The van der Waals surface area contributed by atoms with Crippen molar-refractivity contribution in [2.24, 2.45) is 4.99 Å². The fraction of sp³-hybridized carbons (Fsp3) is 0.529. The molecule has 5 nitrogen and oxygen atoms in total. The average molecular weight is 462 g/mol. The molecule has 0 aliphatic heterocycles. The quantitative estimate of drug-likeness (QED) is 0.372. The summed E-state index contributed by atoms with van der Waals surface area (Å²) in [6, 6.07) is 2.17. The minimum Gasteiger partial charge on any atom is -0.361 e. The van der Waals surface area contributed by atoms with E-state index in [4.69, 9.17) is 4.52 Å². The molecule has 2 aromatic rings. The van der Waals surface area contributed by atoms with E-state index in [1.54, 1.807) is 18.4 Å². The van der Waals surface area contributed by atoms with Crippen LogP contribution in [0, 0.1) is 0 Å². The zero-order chi connectivity index (χ0) is 16.7. The van der Waals surface area contributed by atoms with Crippen LogP contribution < -0.4 is 10.6 Å². The van der Waals surface area contributed by atoms with Gasteiger partial charge in [0.25, 0.3) is 0 Å². The van der Waals surface area contributed by atoms with Crippen LogP contribution >= 0.6 is 35.3 Å². The number of aromatic nitrogens is 1. The van der Waals surface area contributed by atoms with Crippen molar-refractivity contribution in [3.8, 4) is 0 Å².